The third-order valence-electron chi connectivity index (χ3n) is 2.17. The van der Waals surface area contributed by atoms with Crippen molar-refractivity contribution in [1.82, 2.24) is 4.98 Å². The van der Waals surface area contributed by atoms with E-state index < -0.39 is 0 Å². The second-order valence-corrected chi connectivity index (χ2v) is 3.29. The number of nitriles is 1. The van der Waals surface area contributed by atoms with Gasteiger partial charge in [-0.1, -0.05) is 0 Å². The molecule has 0 bridgehead atoms. The van der Waals surface area contributed by atoms with Gasteiger partial charge in [0.05, 0.1) is 13.3 Å². The molecule has 0 spiro atoms. The zero-order valence-electron chi connectivity index (χ0n) is 9.62. The highest BCUT2D eigenvalue weighted by Crippen LogP contribution is 2.12. The van der Waals surface area contributed by atoms with E-state index in [2.05, 4.69) is 15.5 Å². The van der Waals surface area contributed by atoms with Crippen LogP contribution in [0.3, 0.4) is 0 Å². The average Bonchev–Trinajstić information content (AvgIpc) is 2.87. The molecule has 0 unspecified atom stereocenters. The van der Waals surface area contributed by atoms with E-state index in [0.717, 1.165) is 11.3 Å². The third-order valence-corrected chi connectivity index (χ3v) is 2.17. The number of hydrogen-bond acceptors (Lipinski definition) is 6. The minimum Gasteiger partial charge on any atom is -0.497 e. The quantitative estimate of drug-likeness (QED) is 0.654. The Hall–Kier alpha value is -2.81. The Kier molecular flexibility index (Phi) is 3.56. The van der Waals surface area contributed by atoms with Crippen LogP contribution in [0.4, 0.5) is 5.88 Å². The van der Waals surface area contributed by atoms with E-state index >= 15 is 0 Å². The lowest BCUT2D eigenvalue weighted by molar-refractivity contribution is 0.415. The molecule has 0 atom stereocenters. The van der Waals surface area contributed by atoms with Crippen molar-refractivity contribution in [3.8, 4) is 11.8 Å². The summed E-state index contributed by atoms with van der Waals surface area (Å²) in [7, 11) is 1.61. The standard InChI is InChI=1S/C12H10N4O2/c1-17-10-4-2-9(3-5-10)7-15-16-12-11(6-13)14-8-18-12/h2-5,7-8,16H,1H3/b15-7-. The largest absolute Gasteiger partial charge is 0.497 e. The molecule has 0 saturated carbocycles. The van der Waals surface area contributed by atoms with E-state index in [1.165, 1.54) is 6.39 Å². The summed E-state index contributed by atoms with van der Waals surface area (Å²) in [6, 6.07) is 9.25. The molecule has 2 rings (SSSR count). The lowest BCUT2D eigenvalue weighted by atomic mass is 10.2. The summed E-state index contributed by atoms with van der Waals surface area (Å²) in [5, 5.41) is 12.7. The molecule has 1 aromatic heterocycles. The van der Waals surface area contributed by atoms with E-state index in [9.17, 15) is 0 Å². The van der Waals surface area contributed by atoms with Crippen LogP contribution in [0.15, 0.2) is 40.2 Å². The first-order valence-corrected chi connectivity index (χ1v) is 5.10. The predicted molar refractivity (Wildman–Crippen MR) is 65.4 cm³/mol. The fourth-order valence-electron chi connectivity index (χ4n) is 1.26. The van der Waals surface area contributed by atoms with Crippen molar-refractivity contribution in [3.63, 3.8) is 0 Å². The Bertz CT molecular complexity index is 581. The van der Waals surface area contributed by atoms with Crippen molar-refractivity contribution in [1.29, 1.82) is 5.26 Å². The van der Waals surface area contributed by atoms with Crippen LogP contribution < -0.4 is 10.2 Å². The maximum Gasteiger partial charge on any atom is 0.251 e. The number of hydrogen-bond donors (Lipinski definition) is 1. The average molecular weight is 242 g/mol. The molecule has 6 heteroatoms. The number of anilines is 1. The second-order valence-electron chi connectivity index (χ2n) is 3.29. The molecule has 90 valence electrons. The molecule has 0 aliphatic carbocycles. The fourth-order valence-corrected chi connectivity index (χ4v) is 1.26. The molecule has 2 aromatic rings. The number of benzene rings is 1. The summed E-state index contributed by atoms with van der Waals surface area (Å²) in [6.07, 6.45) is 2.78. The number of methoxy groups -OCH3 is 1. The second kappa shape index (κ2) is 5.50. The van der Waals surface area contributed by atoms with Crippen LogP contribution >= 0.6 is 0 Å². The van der Waals surface area contributed by atoms with Crippen molar-refractivity contribution in [3.05, 3.63) is 41.9 Å². The summed E-state index contributed by atoms with van der Waals surface area (Å²) < 4.78 is 9.99. The first kappa shape index (κ1) is 11.7. The van der Waals surface area contributed by atoms with E-state index in [0.29, 0.717) is 0 Å². The Morgan fingerprint density at radius 2 is 2.22 bits per heavy atom. The van der Waals surface area contributed by atoms with Crippen LogP contribution in [0.25, 0.3) is 0 Å². The van der Waals surface area contributed by atoms with Crippen LogP contribution in [0, 0.1) is 11.3 Å². The fraction of sp³-hybridized carbons (Fsp3) is 0.0833. The Balaban J connectivity index is 2.01. The van der Waals surface area contributed by atoms with Crippen LogP contribution in [-0.4, -0.2) is 18.3 Å². The predicted octanol–water partition coefficient (Wildman–Crippen LogP) is 2.00. The normalized spacial score (nSPS) is 10.2. The highest BCUT2D eigenvalue weighted by atomic mass is 16.5. The smallest absolute Gasteiger partial charge is 0.251 e. The number of nitrogens with one attached hydrogen (secondary N) is 1. The first-order valence-electron chi connectivity index (χ1n) is 5.10. The number of aromatic nitrogens is 1. The molecule has 0 amide bonds. The Morgan fingerprint density at radius 3 is 2.89 bits per heavy atom. The van der Waals surface area contributed by atoms with Gasteiger partial charge in [-0.15, -0.1) is 0 Å². The monoisotopic (exact) mass is 242 g/mol. The molecule has 0 saturated heterocycles. The molecule has 0 radical (unpaired) electrons. The third kappa shape index (κ3) is 2.65. The number of nitrogens with zero attached hydrogens (tertiary/aromatic N) is 3. The van der Waals surface area contributed by atoms with Gasteiger partial charge in [-0.25, -0.2) is 10.4 Å². The molecule has 0 aliphatic heterocycles. The van der Waals surface area contributed by atoms with E-state index in [1.807, 2.05) is 30.3 Å². The van der Waals surface area contributed by atoms with Crippen molar-refractivity contribution < 1.29 is 9.15 Å². The lowest BCUT2D eigenvalue weighted by Crippen LogP contribution is -1.91. The van der Waals surface area contributed by atoms with Crippen LogP contribution in [0.1, 0.15) is 11.3 Å². The van der Waals surface area contributed by atoms with Crippen LogP contribution in [0.5, 0.6) is 5.75 Å². The van der Waals surface area contributed by atoms with Crippen molar-refractivity contribution in [2.24, 2.45) is 5.10 Å². The Morgan fingerprint density at radius 1 is 1.44 bits per heavy atom. The van der Waals surface area contributed by atoms with E-state index in [-0.39, 0.29) is 11.6 Å². The molecule has 1 heterocycles. The van der Waals surface area contributed by atoms with Crippen molar-refractivity contribution >= 4 is 12.1 Å². The highest BCUT2D eigenvalue weighted by Gasteiger charge is 2.04. The molecular weight excluding hydrogens is 232 g/mol. The molecule has 1 aromatic carbocycles. The summed E-state index contributed by atoms with van der Waals surface area (Å²) in [5.74, 6) is 1.00. The van der Waals surface area contributed by atoms with Gasteiger partial charge >= 0.3 is 0 Å². The van der Waals surface area contributed by atoms with E-state index in [1.54, 1.807) is 13.3 Å². The molecule has 0 aliphatic rings. The van der Waals surface area contributed by atoms with Gasteiger partial charge in [0.25, 0.3) is 5.88 Å². The lowest BCUT2D eigenvalue weighted by Gasteiger charge is -1.98. The number of ether oxygens (including phenoxy) is 1. The number of rotatable bonds is 4. The van der Waals surface area contributed by atoms with Gasteiger partial charge in [-0.3, -0.25) is 0 Å². The van der Waals surface area contributed by atoms with Crippen molar-refractivity contribution in [2.45, 2.75) is 0 Å². The van der Waals surface area contributed by atoms with Crippen LogP contribution in [-0.2, 0) is 0 Å². The SMILES string of the molecule is COc1ccc(/C=N\Nc2ocnc2C#N)cc1. The highest BCUT2D eigenvalue weighted by molar-refractivity contribution is 5.80. The summed E-state index contributed by atoms with van der Waals surface area (Å²) in [4.78, 5) is 3.70. The van der Waals surface area contributed by atoms with Gasteiger partial charge in [-0.2, -0.15) is 10.4 Å². The minimum atomic E-state index is 0.168. The number of hydrazone groups is 1. The van der Waals surface area contributed by atoms with Crippen molar-refractivity contribution in [2.75, 3.05) is 12.5 Å². The van der Waals surface area contributed by atoms with Crippen LogP contribution in [0.2, 0.25) is 0 Å². The molecule has 0 fully saturated rings. The first-order chi connectivity index (χ1) is 8.83. The molecule has 18 heavy (non-hydrogen) atoms. The molecule has 6 nitrogen and oxygen atoms in total. The maximum atomic E-state index is 8.70. The van der Waals surface area contributed by atoms with Gasteiger partial charge < -0.3 is 9.15 Å². The zero-order valence-corrected chi connectivity index (χ0v) is 9.62. The minimum absolute atomic E-state index is 0.168. The summed E-state index contributed by atoms with van der Waals surface area (Å²) in [5.41, 5.74) is 3.67. The number of oxazole rings is 1. The van der Waals surface area contributed by atoms with Gasteiger partial charge in [0.1, 0.15) is 11.8 Å². The van der Waals surface area contributed by atoms with Gasteiger partial charge in [0, 0.05) is 0 Å². The van der Waals surface area contributed by atoms with Gasteiger partial charge in [0.15, 0.2) is 6.39 Å². The summed E-state index contributed by atoms with van der Waals surface area (Å²) in [6.45, 7) is 0. The molecular formula is C12H10N4O2. The van der Waals surface area contributed by atoms with Gasteiger partial charge in [0.2, 0.25) is 5.69 Å². The topological polar surface area (TPSA) is 83.4 Å². The van der Waals surface area contributed by atoms with E-state index in [4.69, 9.17) is 14.4 Å². The zero-order chi connectivity index (χ0) is 12.8. The van der Waals surface area contributed by atoms with Gasteiger partial charge in [-0.05, 0) is 29.8 Å². The molecule has 1 N–H and O–H groups in total. The Labute approximate surface area is 104 Å². The summed E-state index contributed by atoms with van der Waals surface area (Å²) >= 11 is 0. The maximum absolute atomic E-state index is 8.70.